The number of hydrogen-bond donors (Lipinski definition) is 0. The summed E-state index contributed by atoms with van der Waals surface area (Å²) in [5.74, 6) is 1.54. The van der Waals surface area contributed by atoms with E-state index >= 15 is 0 Å². The predicted molar refractivity (Wildman–Crippen MR) is 98.0 cm³/mol. The van der Waals surface area contributed by atoms with E-state index in [1.807, 2.05) is 25.1 Å². The molecule has 1 heterocycles. The fourth-order valence-electron chi connectivity index (χ4n) is 4.09. The van der Waals surface area contributed by atoms with Gasteiger partial charge in [0.2, 0.25) is 0 Å². The minimum atomic E-state index is -0.479. The second-order valence-electron chi connectivity index (χ2n) is 7.35. The standard InChI is InChI=1S/C20H29NO5/c1-20(25-4)13-21(19(22)24-3)12-16(20)14-9-10-17(23-2)18(11-14)26-15-7-5-6-8-15/h9-11,15-16H,5-8,12-13H2,1-4H3/t16-,20+/m0/s1. The minimum absolute atomic E-state index is 0.0310. The van der Waals surface area contributed by atoms with E-state index in [2.05, 4.69) is 0 Å². The van der Waals surface area contributed by atoms with E-state index in [1.54, 1.807) is 19.1 Å². The van der Waals surface area contributed by atoms with Crippen molar-refractivity contribution in [1.82, 2.24) is 4.90 Å². The van der Waals surface area contributed by atoms with Crippen LogP contribution in [0.2, 0.25) is 0 Å². The zero-order valence-electron chi connectivity index (χ0n) is 16.1. The Morgan fingerprint density at radius 1 is 1.15 bits per heavy atom. The first-order chi connectivity index (χ1) is 12.5. The summed E-state index contributed by atoms with van der Waals surface area (Å²) in [6.45, 7) is 3.07. The van der Waals surface area contributed by atoms with E-state index in [0.717, 1.165) is 29.9 Å². The van der Waals surface area contributed by atoms with Crippen LogP contribution in [0.1, 0.15) is 44.1 Å². The Morgan fingerprint density at radius 3 is 2.50 bits per heavy atom. The fourth-order valence-corrected chi connectivity index (χ4v) is 4.09. The number of amides is 1. The van der Waals surface area contributed by atoms with E-state index in [1.165, 1.54) is 20.0 Å². The van der Waals surface area contributed by atoms with Crippen molar-refractivity contribution >= 4 is 6.09 Å². The summed E-state index contributed by atoms with van der Waals surface area (Å²) in [5, 5.41) is 0. The molecule has 0 radical (unpaired) electrons. The summed E-state index contributed by atoms with van der Waals surface area (Å²) in [4.78, 5) is 13.7. The van der Waals surface area contributed by atoms with Crippen molar-refractivity contribution in [3.8, 4) is 11.5 Å². The highest BCUT2D eigenvalue weighted by molar-refractivity contribution is 5.68. The Balaban J connectivity index is 1.88. The maximum absolute atomic E-state index is 12.0. The van der Waals surface area contributed by atoms with Crippen molar-refractivity contribution in [3.05, 3.63) is 23.8 Å². The maximum atomic E-state index is 12.0. The molecule has 0 N–H and O–H groups in total. The van der Waals surface area contributed by atoms with Gasteiger partial charge in [-0.15, -0.1) is 0 Å². The van der Waals surface area contributed by atoms with Crippen molar-refractivity contribution in [3.63, 3.8) is 0 Å². The van der Waals surface area contributed by atoms with Crippen LogP contribution >= 0.6 is 0 Å². The lowest BCUT2D eigenvalue weighted by Crippen LogP contribution is -2.37. The topological polar surface area (TPSA) is 57.2 Å². The molecule has 0 aromatic heterocycles. The Kier molecular flexibility index (Phi) is 5.61. The van der Waals surface area contributed by atoms with Crippen LogP contribution in [0.25, 0.3) is 0 Å². The van der Waals surface area contributed by atoms with Gasteiger partial charge in [-0.05, 0) is 50.3 Å². The van der Waals surface area contributed by atoms with Gasteiger partial charge in [0.25, 0.3) is 0 Å². The van der Waals surface area contributed by atoms with E-state index in [4.69, 9.17) is 18.9 Å². The minimum Gasteiger partial charge on any atom is -0.493 e. The van der Waals surface area contributed by atoms with Crippen LogP contribution in [0.4, 0.5) is 4.79 Å². The third kappa shape index (κ3) is 3.61. The molecule has 1 amide bonds. The smallest absolute Gasteiger partial charge is 0.409 e. The quantitative estimate of drug-likeness (QED) is 0.800. The van der Waals surface area contributed by atoms with Gasteiger partial charge in [0.05, 0.1) is 32.5 Å². The third-order valence-electron chi connectivity index (χ3n) is 5.73. The van der Waals surface area contributed by atoms with E-state index in [9.17, 15) is 4.79 Å². The van der Waals surface area contributed by atoms with Gasteiger partial charge in [0, 0.05) is 19.6 Å². The molecule has 1 aliphatic carbocycles. The van der Waals surface area contributed by atoms with Crippen LogP contribution in [0.15, 0.2) is 18.2 Å². The summed E-state index contributed by atoms with van der Waals surface area (Å²) in [5.41, 5.74) is 0.600. The first kappa shape index (κ1) is 18.8. The number of rotatable bonds is 5. The molecular formula is C20H29NO5. The van der Waals surface area contributed by atoms with Gasteiger partial charge in [0.15, 0.2) is 11.5 Å². The molecule has 6 heteroatoms. The molecule has 1 aromatic rings. The highest BCUT2D eigenvalue weighted by Crippen LogP contribution is 2.42. The molecule has 2 atom stereocenters. The van der Waals surface area contributed by atoms with E-state index in [0.29, 0.717) is 13.1 Å². The monoisotopic (exact) mass is 363 g/mol. The number of carbonyl (C=O) groups is 1. The lowest BCUT2D eigenvalue weighted by atomic mass is 9.86. The third-order valence-corrected chi connectivity index (χ3v) is 5.73. The van der Waals surface area contributed by atoms with Gasteiger partial charge in [0.1, 0.15) is 0 Å². The molecular weight excluding hydrogens is 334 g/mol. The Bertz CT molecular complexity index is 643. The zero-order valence-corrected chi connectivity index (χ0v) is 16.1. The Hall–Kier alpha value is -1.95. The molecule has 1 aromatic carbocycles. The molecule has 144 valence electrons. The molecule has 1 saturated heterocycles. The molecule has 26 heavy (non-hydrogen) atoms. The summed E-state index contributed by atoms with van der Waals surface area (Å²) in [7, 11) is 4.75. The average Bonchev–Trinajstić information content (AvgIpc) is 3.29. The largest absolute Gasteiger partial charge is 0.493 e. The number of hydrogen-bond acceptors (Lipinski definition) is 5. The molecule has 6 nitrogen and oxygen atoms in total. The summed E-state index contributed by atoms with van der Waals surface area (Å²) >= 11 is 0. The second-order valence-corrected chi connectivity index (χ2v) is 7.35. The molecule has 0 unspecified atom stereocenters. The summed E-state index contributed by atoms with van der Waals surface area (Å²) in [6.07, 6.45) is 4.52. The van der Waals surface area contributed by atoms with Crippen molar-refractivity contribution < 1.29 is 23.7 Å². The van der Waals surface area contributed by atoms with Crippen molar-refractivity contribution in [2.75, 3.05) is 34.4 Å². The normalized spacial score (nSPS) is 26.2. The first-order valence-corrected chi connectivity index (χ1v) is 9.23. The lowest BCUT2D eigenvalue weighted by molar-refractivity contribution is 0.00266. The molecule has 3 rings (SSSR count). The lowest BCUT2D eigenvalue weighted by Gasteiger charge is -2.29. The summed E-state index contributed by atoms with van der Waals surface area (Å²) in [6, 6.07) is 6.01. The van der Waals surface area contributed by atoms with Gasteiger partial charge in [-0.2, -0.15) is 0 Å². The molecule has 0 bridgehead atoms. The molecule has 0 spiro atoms. The molecule has 1 saturated carbocycles. The van der Waals surface area contributed by atoms with Crippen LogP contribution in [0.5, 0.6) is 11.5 Å². The molecule has 2 aliphatic rings. The highest BCUT2D eigenvalue weighted by atomic mass is 16.5. The average molecular weight is 363 g/mol. The number of benzene rings is 1. The van der Waals surface area contributed by atoms with Crippen LogP contribution in [0, 0.1) is 0 Å². The number of nitrogens with zero attached hydrogens (tertiary/aromatic N) is 1. The van der Waals surface area contributed by atoms with Crippen LogP contribution in [-0.2, 0) is 9.47 Å². The second kappa shape index (κ2) is 7.74. The SMILES string of the molecule is COC(=O)N1C[C@@H](c2ccc(OC)c(OC3CCCC3)c2)[C@](C)(OC)C1. The van der Waals surface area contributed by atoms with Crippen LogP contribution < -0.4 is 9.47 Å². The number of ether oxygens (including phenoxy) is 4. The van der Waals surface area contributed by atoms with Gasteiger partial charge in [-0.3, -0.25) is 0 Å². The van der Waals surface area contributed by atoms with Crippen molar-refractivity contribution in [2.24, 2.45) is 0 Å². The fraction of sp³-hybridized carbons (Fsp3) is 0.650. The van der Waals surface area contributed by atoms with E-state index in [-0.39, 0.29) is 18.1 Å². The Labute approximate surface area is 155 Å². The predicted octanol–water partition coefficient (Wildman–Crippen LogP) is 3.59. The van der Waals surface area contributed by atoms with Gasteiger partial charge in [-0.25, -0.2) is 4.79 Å². The summed E-state index contributed by atoms with van der Waals surface area (Å²) < 4.78 is 22.4. The number of methoxy groups -OCH3 is 3. The van der Waals surface area contributed by atoms with Gasteiger partial charge in [-0.1, -0.05) is 6.07 Å². The van der Waals surface area contributed by atoms with Gasteiger partial charge < -0.3 is 23.8 Å². The van der Waals surface area contributed by atoms with Crippen LogP contribution in [0.3, 0.4) is 0 Å². The van der Waals surface area contributed by atoms with Crippen molar-refractivity contribution in [1.29, 1.82) is 0 Å². The zero-order chi connectivity index (χ0) is 18.7. The number of carbonyl (C=O) groups excluding carboxylic acids is 1. The maximum Gasteiger partial charge on any atom is 0.409 e. The Morgan fingerprint density at radius 2 is 1.88 bits per heavy atom. The highest BCUT2D eigenvalue weighted by Gasteiger charge is 2.46. The first-order valence-electron chi connectivity index (χ1n) is 9.23. The number of likely N-dealkylation sites (tertiary alicyclic amines) is 1. The molecule has 2 fully saturated rings. The van der Waals surface area contributed by atoms with E-state index < -0.39 is 5.60 Å². The van der Waals surface area contributed by atoms with Crippen LogP contribution in [-0.4, -0.2) is 57.1 Å². The van der Waals surface area contributed by atoms with Crippen molar-refractivity contribution in [2.45, 2.75) is 50.2 Å². The van der Waals surface area contributed by atoms with Gasteiger partial charge >= 0.3 is 6.09 Å². The molecule has 1 aliphatic heterocycles.